The third-order valence-corrected chi connectivity index (χ3v) is 3.00. The summed E-state index contributed by atoms with van der Waals surface area (Å²) in [7, 11) is 0. The topological polar surface area (TPSA) is 76.0 Å². The van der Waals surface area contributed by atoms with E-state index < -0.39 is 12.1 Å². The molecule has 0 saturated carbocycles. The Balaban J connectivity index is 2.33. The molecule has 0 heterocycles. The summed E-state index contributed by atoms with van der Waals surface area (Å²) >= 11 is 0. The molecule has 0 bridgehead atoms. The Bertz CT molecular complexity index is 777. The molecule has 0 aromatic heterocycles. The van der Waals surface area contributed by atoms with Crippen LogP contribution in [0.4, 0.5) is 15.3 Å². The smallest absolute Gasteiger partial charge is 0.410 e. The van der Waals surface area contributed by atoms with Gasteiger partial charge in [-0.1, -0.05) is 29.8 Å². The van der Waals surface area contributed by atoms with Crippen LogP contribution in [0.3, 0.4) is 0 Å². The van der Waals surface area contributed by atoms with Gasteiger partial charge in [-0.25, -0.2) is 14.4 Å². The number of urea groups is 1. The maximum atomic E-state index is 12.3. The van der Waals surface area contributed by atoms with E-state index in [1.165, 1.54) is 0 Å². The van der Waals surface area contributed by atoms with Crippen LogP contribution in [0.5, 0.6) is 5.75 Å². The number of hydrogen-bond acceptors (Lipinski definition) is 4. The van der Waals surface area contributed by atoms with Gasteiger partial charge in [0.25, 0.3) is 0 Å². The number of nitrogens with zero attached hydrogens (tertiary/aromatic N) is 2. The molecular formula is C17H14N2O4. The molecule has 2 aromatic carbocycles. The van der Waals surface area contributed by atoms with Crippen molar-refractivity contribution in [2.24, 2.45) is 4.99 Å². The largest absolute Gasteiger partial charge is 0.428 e. The van der Waals surface area contributed by atoms with Crippen molar-refractivity contribution in [3.8, 4) is 5.75 Å². The summed E-state index contributed by atoms with van der Waals surface area (Å²) in [5.41, 5.74) is 2.09. The van der Waals surface area contributed by atoms with Crippen LogP contribution in [0, 0.1) is 13.8 Å². The zero-order valence-electron chi connectivity index (χ0n) is 12.6. The average molecular weight is 310 g/mol. The van der Waals surface area contributed by atoms with Crippen LogP contribution >= 0.6 is 0 Å². The standard InChI is InChI=1S/C17H14N2O4/c1-12-6-8-15(9-7-12)23-17(22)19(16(21)18-11-20)14-5-3-4-13(2)10-14/h3-10H,1-2H3. The van der Waals surface area contributed by atoms with E-state index in [0.29, 0.717) is 4.90 Å². The number of carbonyl (C=O) groups excluding carboxylic acids is 3. The van der Waals surface area contributed by atoms with E-state index in [2.05, 4.69) is 4.99 Å². The van der Waals surface area contributed by atoms with Gasteiger partial charge in [0.2, 0.25) is 6.08 Å². The van der Waals surface area contributed by atoms with E-state index in [1.54, 1.807) is 55.5 Å². The predicted octanol–water partition coefficient (Wildman–Crippen LogP) is 3.76. The molecule has 0 atom stereocenters. The molecule has 0 aliphatic carbocycles. The highest BCUT2D eigenvalue weighted by atomic mass is 16.6. The number of isocyanates is 1. The molecule has 6 heteroatoms. The lowest BCUT2D eigenvalue weighted by Gasteiger charge is -2.18. The molecule has 0 saturated heterocycles. The first kappa shape index (κ1) is 16.1. The summed E-state index contributed by atoms with van der Waals surface area (Å²) in [6.45, 7) is 3.70. The maximum Gasteiger partial charge on any atom is 0.428 e. The van der Waals surface area contributed by atoms with E-state index in [0.717, 1.165) is 17.2 Å². The molecule has 2 aromatic rings. The number of carbonyl (C=O) groups is 2. The van der Waals surface area contributed by atoms with Crippen molar-refractivity contribution in [1.29, 1.82) is 0 Å². The van der Waals surface area contributed by atoms with E-state index in [9.17, 15) is 14.4 Å². The SMILES string of the molecule is Cc1ccc(OC(=O)N(C(=O)N=C=O)c2cccc(C)c2)cc1. The monoisotopic (exact) mass is 310 g/mol. The van der Waals surface area contributed by atoms with Crippen molar-refractivity contribution in [3.63, 3.8) is 0 Å². The van der Waals surface area contributed by atoms with Crippen LogP contribution in [0.25, 0.3) is 0 Å². The molecule has 0 fully saturated rings. The summed E-state index contributed by atoms with van der Waals surface area (Å²) in [6.07, 6.45) is 0.179. The minimum absolute atomic E-state index is 0.256. The Morgan fingerprint density at radius 3 is 2.35 bits per heavy atom. The highest BCUT2D eigenvalue weighted by Gasteiger charge is 2.25. The lowest BCUT2D eigenvalue weighted by molar-refractivity contribution is 0.206. The molecule has 23 heavy (non-hydrogen) atoms. The fourth-order valence-corrected chi connectivity index (χ4v) is 1.90. The van der Waals surface area contributed by atoms with Crippen molar-refractivity contribution in [3.05, 3.63) is 59.7 Å². The molecule has 0 N–H and O–H groups in total. The van der Waals surface area contributed by atoms with Crippen molar-refractivity contribution in [2.45, 2.75) is 13.8 Å². The molecule has 0 aliphatic heterocycles. The van der Waals surface area contributed by atoms with Crippen LogP contribution in [-0.4, -0.2) is 18.2 Å². The van der Waals surface area contributed by atoms with Gasteiger partial charge in [-0.3, -0.25) is 0 Å². The summed E-state index contributed by atoms with van der Waals surface area (Å²) < 4.78 is 5.17. The van der Waals surface area contributed by atoms with E-state index >= 15 is 0 Å². The first-order chi connectivity index (χ1) is 11.0. The van der Waals surface area contributed by atoms with Crippen LogP contribution in [0.15, 0.2) is 53.5 Å². The molecule has 116 valence electrons. The molecule has 6 nitrogen and oxygen atoms in total. The normalized spacial score (nSPS) is 9.65. The molecule has 0 unspecified atom stereocenters. The number of aliphatic imine (C=N–C) groups is 1. The minimum Gasteiger partial charge on any atom is -0.410 e. The predicted molar refractivity (Wildman–Crippen MR) is 84.4 cm³/mol. The molecule has 2 rings (SSSR count). The molecule has 0 aliphatic rings. The molecule has 0 spiro atoms. The third-order valence-electron chi connectivity index (χ3n) is 3.00. The second-order valence-corrected chi connectivity index (χ2v) is 4.84. The minimum atomic E-state index is -1.07. The second-order valence-electron chi connectivity index (χ2n) is 4.84. The number of rotatable bonds is 2. The zero-order valence-corrected chi connectivity index (χ0v) is 12.6. The summed E-state index contributed by atoms with van der Waals surface area (Å²) in [5.74, 6) is 0.279. The lowest BCUT2D eigenvalue weighted by atomic mass is 10.2. The van der Waals surface area contributed by atoms with Gasteiger partial charge in [0.1, 0.15) is 5.75 Å². The van der Waals surface area contributed by atoms with Crippen LogP contribution in [0.1, 0.15) is 11.1 Å². The van der Waals surface area contributed by atoms with Gasteiger partial charge >= 0.3 is 12.1 Å². The molecule has 3 amide bonds. The molecular weight excluding hydrogens is 296 g/mol. The first-order valence-electron chi connectivity index (χ1n) is 6.78. The van der Waals surface area contributed by atoms with Gasteiger partial charge in [0.15, 0.2) is 0 Å². The first-order valence-corrected chi connectivity index (χ1v) is 6.78. The fraction of sp³-hybridized carbons (Fsp3) is 0.118. The number of benzene rings is 2. The molecule has 0 radical (unpaired) electrons. The summed E-state index contributed by atoms with van der Waals surface area (Å²) in [5, 5.41) is 0. The number of ether oxygens (including phenoxy) is 1. The Hall–Kier alpha value is -3.24. The third kappa shape index (κ3) is 4.12. The van der Waals surface area contributed by atoms with Crippen molar-refractivity contribution in [1.82, 2.24) is 0 Å². The maximum absolute atomic E-state index is 12.3. The van der Waals surface area contributed by atoms with E-state index in [1.807, 2.05) is 6.92 Å². The highest BCUT2D eigenvalue weighted by molar-refractivity contribution is 6.13. The second kappa shape index (κ2) is 7.15. The van der Waals surface area contributed by atoms with Crippen molar-refractivity contribution in [2.75, 3.05) is 4.90 Å². The highest BCUT2D eigenvalue weighted by Crippen LogP contribution is 2.20. The summed E-state index contributed by atoms with van der Waals surface area (Å²) in [6, 6.07) is 12.3. The van der Waals surface area contributed by atoms with Crippen LogP contribution < -0.4 is 9.64 Å². The number of amides is 3. The number of anilines is 1. The van der Waals surface area contributed by atoms with Crippen molar-refractivity contribution < 1.29 is 19.1 Å². The Kier molecular flexibility index (Phi) is 5.02. The van der Waals surface area contributed by atoms with E-state index in [4.69, 9.17) is 4.74 Å². The zero-order chi connectivity index (χ0) is 16.8. The Morgan fingerprint density at radius 1 is 1.04 bits per heavy atom. The van der Waals surface area contributed by atoms with E-state index in [-0.39, 0.29) is 11.4 Å². The fourth-order valence-electron chi connectivity index (χ4n) is 1.90. The van der Waals surface area contributed by atoms with Gasteiger partial charge in [-0.2, -0.15) is 4.90 Å². The average Bonchev–Trinajstić information content (AvgIpc) is 2.50. The quantitative estimate of drug-likeness (QED) is 0.625. The number of hydrogen-bond donors (Lipinski definition) is 0. The lowest BCUT2D eigenvalue weighted by Crippen LogP contribution is -2.37. The van der Waals surface area contributed by atoms with Crippen molar-refractivity contribution >= 4 is 23.9 Å². The Labute approximate surface area is 133 Å². The van der Waals surface area contributed by atoms with Crippen LogP contribution in [0.2, 0.25) is 0 Å². The summed E-state index contributed by atoms with van der Waals surface area (Å²) in [4.78, 5) is 38.3. The number of aryl methyl sites for hydroxylation is 2. The van der Waals surface area contributed by atoms with Crippen LogP contribution in [-0.2, 0) is 4.79 Å². The van der Waals surface area contributed by atoms with Gasteiger partial charge in [0.05, 0.1) is 5.69 Å². The van der Waals surface area contributed by atoms with Gasteiger partial charge < -0.3 is 4.74 Å². The van der Waals surface area contributed by atoms with Gasteiger partial charge in [0, 0.05) is 0 Å². The Morgan fingerprint density at radius 2 is 1.74 bits per heavy atom. The number of imide groups is 1. The van der Waals surface area contributed by atoms with Gasteiger partial charge in [-0.15, -0.1) is 4.99 Å². The van der Waals surface area contributed by atoms with Gasteiger partial charge in [-0.05, 0) is 43.7 Å².